The van der Waals surface area contributed by atoms with E-state index in [2.05, 4.69) is 46.4 Å². The van der Waals surface area contributed by atoms with E-state index in [0.29, 0.717) is 4.83 Å². The summed E-state index contributed by atoms with van der Waals surface area (Å²) in [6, 6.07) is 6.37. The van der Waals surface area contributed by atoms with Gasteiger partial charge in [0.2, 0.25) is 0 Å². The first-order valence-corrected chi connectivity index (χ1v) is 9.19. The molecule has 1 amide bonds. The van der Waals surface area contributed by atoms with Crippen LogP contribution in [0.2, 0.25) is 0 Å². The molecule has 0 radical (unpaired) electrons. The predicted molar refractivity (Wildman–Crippen MR) is 92.1 cm³/mol. The van der Waals surface area contributed by atoms with Gasteiger partial charge in [-0.1, -0.05) is 73.5 Å². The van der Waals surface area contributed by atoms with Gasteiger partial charge in [-0.2, -0.15) is 0 Å². The molecule has 0 saturated carbocycles. The molecule has 1 heterocycles. The predicted octanol–water partition coefficient (Wildman–Crippen LogP) is 5.16. The van der Waals surface area contributed by atoms with Crippen molar-refractivity contribution in [2.75, 3.05) is 6.54 Å². The molecule has 2 nitrogen and oxygen atoms in total. The first kappa shape index (κ1) is 16.5. The molecule has 1 unspecified atom stereocenters. The Bertz CT molecular complexity index is 472. The zero-order chi connectivity index (χ0) is 15.1. The fourth-order valence-electron chi connectivity index (χ4n) is 2.89. The minimum atomic E-state index is 0.0809. The quantitative estimate of drug-likeness (QED) is 0.508. The fourth-order valence-corrected chi connectivity index (χ4v) is 3.50. The molecule has 1 aliphatic heterocycles. The van der Waals surface area contributed by atoms with Crippen molar-refractivity contribution in [2.24, 2.45) is 0 Å². The van der Waals surface area contributed by atoms with Gasteiger partial charge in [-0.05, 0) is 30.0 Å². The van der Waals surface area contributed by atoms with E-state index in [1.165, 1.54) is 49.7 Å². The lowest BCUT2D eigenvalue weighted by Crippen LogP contribution is -2.31. The lowest BCUT2D eigenvalue weighted by molar-refractivity contribution is 0.0946. The molecular weight excluding hydrogens is 326 g/mol. The smallest absolute Gasteiger partial charge is 0.251 e. The SMILES string of the molecule is CCCCCCCCC(Br)c1ccc2c(c1)C(=O)NCC2. The van der Waals surface area contributed by atoms with E-state index in [0.717, 1.165) is 24.9 Å². The van der Waals surface area contributed by atoms with Crippen LogP contribution in [0.5, 0.6) is 0 Å². The van der Waals surface area contributed by atoms with Gasteiger partial charge in [0.1, 0.15) is 0 Å². The molecule has 21 heavy (non-hydrogen) atoms. The third-order valence-corrected chi connectivity index (χ3v) is 5.22. The molecule has 1 atom stereocenters. The van der Waals surface area contributed by atoms with E-state index in [1.54, 1.807) is 0 Å². The number of hydrogen-bond donors (Lipinski definition) is 1. The minimum Gasteiger partial charge on any atom is -0.352 e. The zero-order valence-corrected chi connectivity index (χ0v) is 14.5. The molecule has 1 aromatic carbocycles. The normalized spacial score (nSPS) is 15.4. The van der Waals surface area contributed by atoms with Crippen molar-refractivity contribution in [3.05, 3.63) is 34.9 Å². The van der Waals surface area contributed by atoms with Gasteiger partial charge in [-0.25, -0.2) is 0 Å². The highest BCUT2D eigenvalue weighted by Crippen LogP contribution is 2.30. The van der Waals surface area contributed by atoms with E-state index in [4.69, 9.17) is 0 Å². The second-order valence-electron chi connectivity index (χ2n) is 5.95. The molecule has 3 heteroatoms. The van der Waals surface area contributed by atoms with E-state index in [1.807, 2.05) is 0 Å². The maximum Gasteiger partial charge on any atom is 0.251 e. The van der Waals surface area contributed by atoms with Crippen molar-refractivity contribution in [1.29, 1.82) is 0 Å². The van der Waals surface area contributed by atoms with Crippen molar-refractivity contribution in [3.8, 4) is 0 Å². The number of unbranched alkanes of at least 4 members (excludes halogenated alkanes) is 5. The molecule has 1 aromatic rings. The molecular formula is C18H26BrNO. The van der Waals surface area contributed by atoms with Gasteiger partial charge in [0.05, 0.1) is 0 Å². The molecule has 0 spiro atoms. The summed E-state index contributed by atoms with van der Waals surface area (Å²) in [5.74, 6) is 0.0809. The monoisotopic (exact) mass is 351 g/mol. The van der Waals surface area contributed by atoms with Crippen LogP contribution in [0.4, 0.5) is 0 Å². The molecule has 0 aromatic heterocycles. The van der Waals surface area contributed by atoms with Gasteiger partial charge in [0.25, 0.3) is 5.91 Å². The Labute approximate surface area is 136 Å². The van der Waals surface area contributed by atoms with Crippen LogP contribution in [-0.2, 0) is 6.42 Å². The highest BCUT2D eigenvalue weighted by atomic mass is 79.9. The van der Waals surface area contributed by atoms with Crippen molar-refractivity contribution < 1.29 is 4.79 Å². The Morgan fingerprint density at radius 1 is 1.19 bits per heavy atom. The summed E-state index contributed by atoms with van der Waals surface area (Å²) in [7, 11) is 0. The number of carbonyl (C=O) groups excluding carboxylic acids is 1. The molecule has 0 saturated heterocycles. The molecule has 2 rings (SSSR count). The Morgan fingerprint density at radius 3 is 2.76 bits per heavy atom. The lowest BCUT2D eigenvalue weighted by atomic mass is 9.95. The summed E-state index contributed by atoms with van der Waals surface area (Å²) >= 11 is 3.78. The van der Waals surface area contributed by atoms with Crippen LogP contribution in [0.1, 0.15) is 78.2 Å². The minimum absolute atomic E-state index is 0.0809. The highest BCUT2D eigenvalue weighted by Gasteiger charge is 2.18. The van der Waals surface area contributed by atoms with Crippen LogP contribution < -0.4 is 5.32 Å². The summed E-state index contributed by atoms with van der Waals surface area (Å²) < 4.78 is 0. The third-order valence-electron chi connectivity index (χ3n) is 4.23. The number of carbonyl (C=O) groups is 1. The van der Waals surface area contributed by atoms with Crippen LogP contribution in [0.15, 0.2) is 18.2 Å². The second kappa shape index (κ2) is 8.57. The van der Waals surface area contributed by atoms with Crippen LogP contribution in [0.3, 0.4) is 0 Å². The Balaban J connectivity index is 1.84. The van der Waals surface area contributed by atoms with Crippen molar-refractivity contribution >= 4 is 21.8 Å². The molecule has 116 valence electrons. The maximum atomic E-state index is 11.9. The van der Waals surface area contributed by atoms with E-state index < -0.39 is 0 Å². The second-order valence-corrected chi connectivity index (χ2v) is 7.05. The topological polar surface area (TPSA) is 29.1 Å². The van der Waals surface area contributed by atoms with Crippen LogP contribution in [-0.4, -0.2) is 12.5 Å². The van der Waals surface area contributed by atoms with Crippen molar-refractivity contribution in [3.63, 3.8) is 0 Å². The molecule has 0 aliphatic carbocycles. The van der Waals surface area contributed by atoms with Crippen LogP contribution >= 0.6 is 15.9 Å². The van der Waals surface area contributed by atoms with E-state index in [-0.39, 0.29) is 5.91 Å². The van der Waals surface area contributed by atoms with Crippen LogP contribution in [0.25, 0.3) is 0 Å². The number of amides is 1. The number of alkyl halides is 1. The molecule has 0 fully saturated rings. The van der Waals surface area contributed by atoms with Gasteiger partial charge in [0, 0.05) is 16.9 Å². The Morgan fingerprint density at radius 2 is 1.95 bits per heavy atom. The average molecular weight is 352 g/mol. The highest BCUT2D eigenvalue weighted by molar-refractivity contribution is 9.09. The summed E-state index contributed by atoms with van der Waals surface area (Å²) in [4.78, 5) is 12.3. The van der Waals surface area contributed by atoms with Crippen molar-refractivity contribution in [1.82, 2.24) is 5.32 Å². The average Bonchev–Trinajstić information content (AvgIpc) is 2.50. The fraction of sp³-hybridized carbons (Fsp3) is 0.611. The number of fused-ring (bicyclic) bond motifs is 1. The van der Waals surface area contributed by atoms with Gasteiger partial charge in [-0.15, -0.1) is 0 Å². The third kappa shape index (κ3) is 4.84. The van der Waals surface area contributed by atoms with E-state index in [9.17, 15) is 4.79 Å². The number of hydrogen-bond acceptors (Lipinski definition) is 1. The standard InChI is InChI=1S/C18H26BrNO/c1-2-3-4-5-6-7-8-17(19)15-10-9-14-11-12-20-18(21)16(14)13-15/h9-10,13,17H,2-8,11-12H2,1H3,(H,20,21). The van der Waals surface area contributed by atoms with Crippen LogP contribution in [0, 0.1) is 0 Å². The van der Waals surface area contributed by atoms with Gasteiger partial charge in [-0.3, -0.25) is 4.79 Å². The number of halogens is 1. The molecule has 1 aliphatic rings. The zero-order valence-electron chi connectivity index (χ0n) is 13.0. The Hall–Kier alpha value is -0.830. The summed E-state index contributed by atoms with van der Waals surface area (Å²) in [5.41, 5.74) is 3.28. The summed E-state index contributed by atoms with van der Waals surface area (Å²) in [6.07, 6.45) is 10.0. The summed E-state index contributed by atoms with van der Waals surface area (Å²) in [5, 5.41) is 2.92. The molecule has 0 bridgehead atoms. The van der Waals surface area contributed by atoms with E-state index >= 15 is 0 Å². The number of nitrogens with one attached hydrogen (secondary N) is 1. The number of rotatable bonds is 8. The largest absolute Gasteiger partial charge is 0.352 e. The van der Waals surface area contributed by atoms with Gasteiger partial charge >= 0.3 is 0 Å². The molecule has 1 N–H and O–H groups in total. The summed E-state index contributed by atoms with van der Waals surface area (Å²) in [6.45, 7) is 3.02. The maximum absolute atomic E-state index is 11.9. The van der Waals surface area contributed by atoms with Gasteiger partial charge < -0.3 is 5.32 Å². The lowest BCUT2D eigenvalue weighted by Gasteiger charge is -2.19. The van der Waals surface area contributed by atoms with Crippen molar-refractivity contribution in [2.45, 2.75) is 63.1 Å². The number of benzene rings is 1. The first-order valence-electron chi connectivity index (χ1n) is 8.27. The van der Waals surface area contributed by atoms with Gasteiger partial charge in [0.15, 0.2) is 0 Å². The Kier molecular flexibility index (Phi) is 6.75. The first-order chi connectivity index (χ1) is 10.2.